The van der Waals surface area contributed by atoms with E-state index in [1.807, 2.05) is 80.8 Å². The van der Waals surface area contributed by atoms with Gasteiger partial charge in [-0.25, -0.2) is 0 Å². The SMILES string of the molecule is CC(CC(C(=O)Cc1ccc(OC(F)(F)F)cc1)c1ccccc1)N(C)C.c1ccccc1. The molecule has 33 heavy (non-hydrogen) atoms. The van der Waals surface area contributed by atoms with Crippen LogP contribution in [0.3, 0.4) is 0 Å². The van der Waals surface area contributed by atoms with Crippen LogP contribution < -0.4 is 4.74 Å². The molecule has 3 aromatic carbocycles. The standard InChI is InChI=1S/C21H24F3NO2.C6H6/c1-15(25(2)3)13-19(17-7-5-4-6-8-17)20(26)14-16-9-11-18(12-10-16)27-21(22,23)24;1-2-4-6-5-3-1/h4-12,15,19H,13-14H2,1-3H3;1-6H. The van der Waals surface area contributed by atoms with Gasteiger partial charge in [0.05, 0.1) is 0 Å². The molecule has 0 amide bonds. The van der Waals surface area contributed by atoms with Crippen molar-refractivity contribution in [2.45, 2.75) is 38.1 Å². The van der Waals surface area contributed by atoms with Crippen molar-refractivity contribution in [2.75, 3.05) is 14.1 Å². The highest BCUT2D eigenvalue weighted by atomic mass is 19.4. The van der Waals surface area contributed by atoms with Crippen LogP contribution >= 0.6 is 0 Å². The van der Waals surface area contributed by atoms with Gasteiger partial charge in [0.2, 0.25) is 0 Å². The summed E-state index contributed by atoms with van der Waals surface area (Å²) in [7, 11) is 3.94. The van der Waals surface area contributed by atoms with Crippen LogP contribution in [0.5, 0.6) is 5.75 Å². The van der Waals surface area contributed by atoms with Crippen molar-refractivity contribution in [2.24, 2.45) is 0 Å². The van der Waals surface area contributed by atoms with Crippen LogP contribution in [-0.2, 0) is 11.2 Å². The van der Waals surface area contributed by atoms with Crippen molar-refractivity contribution in [1.82, 2.24) is 4.90 Å². The summed E-state index contributed by atoms with van der Waals surface area (Å²) >= 11 is 0. The Bertz CT molecular complexity index is 916. The smallest absolute Gasteiger partial charge is 0.406 e. The number of nitrogens with zero attached hydrogens (tertiary/aromatic N) is 1. The lowest BCUT2D eigenvalue weighted by atomic mass is 9.86. The minimum absolute atomic E-state index is 0.0411. The van der Waals surface area contributed by atoms with Gasteiger partial charge in [0, 0.05) is 18.4 Å². The number of ketones is 1. The van der Waals surface area contributed by atoms with Crippen LogP contribution in [-0.4, -0.2) is 37.2 Å². The van der Waals surface area contributed by atoms with Gasteiger partial charge in [-0.1, -0.05) is 78.9 Å². The van der Waals surface area contributed by atoms with Gasteiger partial charge in [0.1, 0.15) is 11.5 Å². The van der Waals surface area contributed by atoms with E-state index >= 15 is 0 Å². The van der Waals surface area contributed by atoms with E-state index in [1.54, 1.807) is 0 Å². The maximum absolute atomic E-state index is 13.0. The summed E-state index contributed by atoms with van der Waals surface area (Å²) in [6, 6.07) is 27.2. The summed E-state index contributed by atoms with van der Waals surface area (Å²) in [5, 5.41) is 0. The quantitative estimate of drug-likeness (QED) is 0.386. The Hall–Kier alpha value is -3.12. The van der Waals surface area contributed by atoms with Gasteiger partial charge < -0.3 is 9.64 Å². The third-order valence-corrected chi connectivity index (χ3v) is 5.25. The predicted octanol–water partition coefficient (Wildman–Crippen LogP) is 6.51. The minimum atomic E-state index is -4.72. The first kappa shape index (κ1) is 26.1. The summed E-state index contributed by atoms with van der Waals surface area (Å²) in [6.45, 7) is 2.06. The molecule has 6 heteroatoms. The van der Waals surface area contributed by atoms with Crippen molar-refractivity contribution in [1.29, 1.82) is 0 Å². The summed E-state index contributed by atoms with van der Waals surface area (Å²) < 4.78 is 40.6. The summed E-state index contributed by atoms with van der Waals surface area (Å²) in [5.74, 6) is -0.520. The zero-order chi connectivity index (χ0) is 24.3. The monoisotopic (exact) mass is 457 g/mol. The van der Waals surface area contributed by atoms with Crippen molar-refractivity contribution in [3.8, 4) is 5.75 Å². The van der Waals surface area contributed by atoms with Gasteiger partial charge in [-0.2, -0.15) is 0 Å². The van der Waals surface area contributed by atoms with Crippen molar-refractivity contribution in [3.05, 3.63) is 102 Å². The highest BCUT2D eigenvalue weighted by Gasteiger charge is 2.31. The average molecular weight is 458 g/mol. The number of Topliss-reactive ketones (excluding diaryl/α,β-unsaturated/α-hetero) is 1. The zero-order valence-electron chi connectivity index (χ0n) is 19.1. The van der Waals surface area contributed by atoms with E-state index in [2.05, 4.69) is 16.6 Å². The van der Waals surface area contributed by atoms with E-state index in [0.29, 0.717) is 12.0 Å². The van der Waals surface area contributed by atoms with E-state index in [1.165, 1.54) is 24.3 Å². The van der Waals surface area contributed by atoms with Gasteiger partial charge in [-0.05, 0) is 50.7 Å². The Kier molecular flexibility index (Phi) is 10.1. The molecule has 0 N–H and O–H groups in total. The number of alkyl halides is 3. The first-order valence-corrected chi connectivity index (χ1v) is 10.7. The van der Waals surface area contributed by atoms with Crippen LogP contribution in [0.25, 0.3) is 0 Å². The first-order chi connectivity index (χ1) is 15.7. The highest BCUT2D eigenvalue weighted by Crippen LogP contribution is 2.27. The number of benzene rings is 3. The van der Waals surface area contributed by atoms with Crippen molar-refractivity contribution < 1.29 is 22.7 Å². The molecule has 0 fully saturated rings. The molecule has 3 nitrogen and oxygen atoms in total. The number of rotatable bonds is 8. The molecule has 0 aliphatic rings. The molecule has 0 saturated carbocycles. The van der Waals surface area contributed by atoms with Crippen LogP contribution in [0.2, 0.25) is 0 Å². The average Bonchev–Trinajstić information content (AvgIpc) is 2.79. The number of carbonyl (C=O) groups is 1. The number of hydrogen-bond acceptors (Lipinski definition) is 3. The van der Waals surface area contributed by atoms with Crippen LogP contribution in [0.15, 0.2) is 91.0 Å². The molecule has 3 aromatic rings. The Morgan fingerprint density at radius 3 is 1.79 bits per heavy atom. The lowest BCUT2D eigenvalue weighted by Crippen LogP contribution is -2.29. The van der Waals surface area contributed by atoms with E-state index in [0.717, 1.165) is 5.56 Å². The Balaban J connectivity index is 0.000000554. The third-order valence-electron chi connectivity index (χ3n) is 5.25. The topological polar surface area (TPSA) is 29.5 Å². The summed E-state index contributed by atoms with van der Waals surface area (Å²) in [4.78, 5) is 15.0. The van der Waals surface area contributed by atoms with Gasteiger partial charge >= 0.3 is 6.36 Å². The molecule has 0 bridgehead atoms. The first-order valence-electron chi connectivity index (χ1n) is 10.7. The second-order valence-corrected chi connectivity index (χ2v) is 8.00. The molecule has 0 aliphatic heterocycles. The van der Waals surface area contributed by atoms with Crippen LogP contribution in [0, 0.1) is 0 Å². The Morgan fingerprint density at radius 2 is 1.33 bits per heavy atom. The van der Waals surface area contributed by atoms with Gasteiger partial charge in [0.15, 0.2) is 0 Å². The lowest BCUT2D eigenvalue weighted by molar-refractivity contribution is -0.274. The van der Waals surface area contributed by atoms with E-state index in [9.17, 15) is 18.0 Å². The maximum atomic E-state index is 13.0. The minimum Gasteiger partial charge on any atom is -0.406 e. The zero-order valence-corrected chi connectivity index (χ0v) is 19.1. The number of carbonyl (C=O) groups excluding carboxylic acids is 1. The van der Waals surface area contributed by atoms with Gasteiger partial charge in [-0.15, -0.1) is 13.2 Å². The second kappa shape index (κ2) is 12.8. The molecule has 0 aliphatic carbocycles. The van der Waals surface area contributed by atoms with E-state index in [-0.39, 0.29) is 29.9 Å². The lowest BCUT2D eigenvalue weighted by Gasteiger charge is -2.25. The highest BCUT2D eigenvalue weighted by molar-refractivity contribution is 5.87. The maximum Gasteiger partial charge on any atom is 0.573 e. The van der Waals surface area contributed by atoms with Crippen molar-refractivity contribution >= 4 is 5.78 Å². The number of halogens is 3. The molecule has 3 rings (SSSR count). The molecular formula is C27H30F3NO2. The second-order valence-electron chi connectivity index (χ2n) is 8.00. The molecule has 176 valence electrons. The fourth-order valence-electron chi connectivity index (χ4n) is 3.21. The molecule has 0 aromatic heterocycles. The molecular weight excluding hydrogens is 427 g/mol. The normalized spacial score (nSPS) is 12.9. The Morgan fingerprint density at radius 1 is 0.848 bits per heavy atom. The largest absolute Gasteiger partial charge is 0.573 e. The molecule has 0 heterocycles. The van der Waals surface area contributed by atoms with Crippen molar-refractivity contribution in [3.63, 3.8) is 0 Å². The third kappa shape index (κ3) is 9.91. The summed E-state index contributed by atoms with van der Waals surface area (Å²) in [6.07, 6.45) is -3.89. The van der Waals surface area contributed by atoms with E-state index < -0.39 is 6.36 Å². The number of hydrogen-bond donors (Lipinski definition) is 0. The van der Waals surface area contributed by atoms with Gasteiger partial charge in [0.25, 0.3) is 0 Å². The summed E-state index contributed by atoms with van der Waals surface area (Å²) in [5.41, 5.74) is 1.61. The fraction of sp³-hybridized carbons (Fsp3) is 0.296. The predicted molar refractivity (Wildman–Crippen MR) is 125 cm³/mol. The molecule has 0 saturated heterocycles. The Labute approximate surface area is 193 Å². The van der Waals surface area contributed by atoms with Crippen LogP contribution in [0.1, 0.15) is 30.4 Å². The fourth-order valence-corrected chi connectivity index (χ4v) is 3.21. The number of ether oxygens (including phenoxy) is 1. The molecule has 2 unspecified atom stereocenters. The van der Waals surface area contributed by atoms with Crippen LogP contribution in [0.4, 0.5) is 13.2 Å². The molecule has 0 radical (unpaired) electrons. The van der Waals surface area contributed by atoms with E-state index in [4.69, 9.17) is 0 Å². The van der Waals surface area contributed by atoms with Gasteiger partial charge in [-0.3, -0.25) is 4.79 Å². The molecule has 0 spiro atoms. The molecule has 2 atom stereocenters.